The van der Waals surface area contributed by atoms with Crippen LogP contribution < -0.4 is 10.6 Å². The molecule has 2 aromatic rings. The van der Waals surface area contributed by atoms with Crippen LogP contribution in [-0.2, 0) is 9.59 Å². The number of benzene rings is 1. The number of imide groups is 1. The molecule has 0 bridgehead atoms. The van der Waals surface area contributed by atoms with Crippen molar-refractivity contribution in [1.82, 2.24) is 25.5 Å². The fourth-order valence-corrected chi connectivity index (χ4v) is 4.92. The van der Waals surface area contributed by atoms with Gasteiger partial charge in [-0.25, -0.2) is 9.78 Å². The average Bonchev–Trinajstić information content (AvgIpc) is 3.28. The first kappa shape index (κ1) is 21.7. The number of amides is 4. The zero-order valence-electron chi connectivity index (χ0n) is 17.9. The molecule has 1 aliphatic carbocycles. The van der Waals surface area contributed by atoms with Gasteiger partial charge in [-0.15, -0.1) is 0 Å². The number of rotatable bonds is 7. The van der Waals surface area contributed by atoms with Crippen LogP contribution in [0.4, 0.5) is 4.79 Å². The summed E-state index contributed by atoms with van der Waals surface area (Å²) in [4.78, 5) is 47.3. The van der Waals surface area contributed by atoms with Gasteiger partial charge in [-0.2, -0.15) is 11.8 Å². The van der Waals surface area contributed by atoms with E-state index in [0.717, 1.165) is 34.5 Å². The maximum atomic E-state index is 13.0. The summed E-state index contributed by atoms with van der Waals surface area (Å²) in [5.74, 6) is 1.43. The molecular formula is C22H29N5O3S. The van der Waals surface area contributed by atoms with Gasteiger partial charge in [0.2, 0.25) is 5.91 Å². The zero-order chi connectivity index (χ0) is 22.0. The standard InChI is InChI=1S/C22H29N5O3S/c1-14-7-10-22(11-8-14)20(29)27(21(30)26-22)13-18(28)23-17(9-12-31-2)19-24-15-5-3-4-6-16(15)25-19/h3-6,14,17H,7-13H2,1-2H3,(H,23,28)(H,24,25)(H,26,30)/t14?,17-,22?/m1/s1. The van der Waals surface area contributed by atoms with Crippen LogP contribution in [0.25, 0.3) is 11.0 Å². The monoisotopic (exact) mass is 443 g/mol. The number of nitrogens with one attached hydrogen (secondary N) is 3. The lowest BCUT2D eigenvalue weighted by Crippen LogP contribution is -2.50. The predicted molar refractivity (Wildman–Crippen MR) is 121 cm³/mol. The molecule has 4 amide bonds. The number of aromatic amines is 1. The van der Waals surface area contributed by atoms with E-state index < -0.39 is 11.6 Å². The molecule has 2 heterocycles. The molecule has 9 heteroatoms. The molecule has 1 aromatic carbocycles. The summed E-state index contributed by atoms with van der Waals surface area (Å²) in [6.07, 6.45) is 5.76. The number of hydrogen-bond donors (Lipinski definition) is 3. The zero-order valence-corrected chi connectivity index (χ0v) is 18.8. The Bertz CT molecular complexity index is 949. The normalized spacial score (nSPS) is 24.6. The number of carbonyl (C=O) groups excluding carboxylic acids is 3. The van der Waals surface area contributed by atoms with Crippen molar-refractivity contribution in [3.63, 3.8) is 0 Å². The van der Waals surface area contributed by atoms with Crippen LogP contribution in [0, 0.1) is 5.92 Å². The first-order valence-corrected chi connectivity index (χ1v) is 12.2. The lowest BCUT2D eigenvalue weighted by molar-refractivity contribution is -0.136. The maximum Gasteiger partial charge on any atom is 0.325 e. The van der Waals surface area contributed by atoms with Gasteiger partial charge in [0.25, 0.3) is 5.91 Å². The number of nitrogens with zero attached hydrogens (tertiary/aromatic N) is 2. The summed E-state index contributed by atoms with van der Waals surface area (Å²) >= 11 is 1.69. The fourth-order valence-electron chi connectivity index (χ4n) is 4.45. The predicted octanol–water partition coefficient (Wildman–Crippen LogP) is 2.97. The molecule has 1 spiro atoms. The Morgan fingerprint density at radius 3 is 2.77 bits per heavy atom. The Balaban J connectivity index is 1.45. The van der Waals surface area contributed by atoms with Crippen LogP contribution >= 0.6 is 11.8 Å². The molecule has 166 valence electrons. The van der Waals surface area contributed by atoms with Crippen molar-refractivity contribution in [2.45, 2.75) is 50.6 Å². The molecule has 1 aromatic heterocycles. The Labute approximate surface area is 185 Å². The first-order chi connectivity index (χ1) is 14.9. The van der Waals surface area contributed by atoms with E-state index in [4.69, 9.17) is 0 Å². The molecule has 4 rings (SSSR count). The molecule has 2 aliphatic rings. The van der Waals surface area contributed by atoms with Gasteiger partial charge < -0.3 is 15.6 Å². The summed E-state index contributed by atoms with van der Waals surface area (Å²) in [6, 6.07) is 6.91. The number of H-pyrrole nitrogens is 1. The van der Waals surface area contributed by atoms with Gasteiger partial charge in [-0.3, -0.25) is 14.5 Å². The van der Waals surface area contributed by atoms with Gasteiger partial charge in [0.05, 0.1) is 17.1 Å². The molecule has 1 saturated heterocycles. The number of urea groups is 1. The van der Waals surface area contributed by atoms with Gasteiger partial charge in [0.15, 0.2) is 0 Å². The Hall–Kier alpha value is -2.55. The molecule has 1 saturated carbocycles. The van der Waals surface area contributed by atoms with E-state index in [0.29, 0.717) is 31.0 Å². The van der Waals surface area contributed by atoms with Crippen LogP contribution in [-0.4, -0.2) is 56.8 Å². The minimum Gasteiger partial charge on any atom is -0.345 e. The van der Waals surface area contributed by atoms with Crippen LogP contribution in [0.2, 0.25) is 0 Å². The highest BCUT2D eigenvalue weighted by atomic mass is 32.2. The topological polar surface area (TPSA) is 107 Å². The SMILES string of the molecule is CSCC[C@@H](NC(=O)CN1C(=O)NC2(CCC(C)CC2)C1=O)c1nc2ccccc2[nH]1. The van der Waals surface area contributed by atoms with E-state index in [1.165, 1.54) is 0 Å². The highest BCUT2D eigenvalue weighted by Gasteiger charge is 2.52. The van der Waals surface area contributed by atoms with Gasteiger partial charge >= 0.3 is 6.03 Å². The van der Waals surface area contributed by atoms with Crippen LogP contribution in [0.15, 0.2) is 24.3 Å². The van der Waals surface area contributed by atoms with Gasteiger partial charge in [0, 0.05) is 0 Å². The van der Waals surface area contributed by atoms with Gasteiger partial charge in [-0.1, -0.05) is 19.1 Å². The third-order valence-electron chi connectivity index (χ3n) is 6.36. The minimum absolute atomic E-state index is 0.274. The van der Waals surface area contributed by atoms with Crippen molar-refractivity contribution in [2.75, 3.05) is 18.6 Å². The number of imidazole rings is 1. The lowest BCUT2D eigenvalue weighted by Gasteiger charge is -2.33. The van der Waals surface area contributed by atoms with Crippen molar-refractivity contribution in [3.8, 4) is 0 Å². The largest absolute Gasteiger partial charge is 0.345 e. The highest BCUT2D eigenvalue weighted by Crippen LogP contribution is 2.36. The number of hydrogen-bond acceptors (Lipinski definition) is 5. The Morgan fingerprint density at radius 2 is 2.06 bits per heavy atom. The van der Waals surface area contributed by atoms with E-state index in [1.54, 1.807) is 11.8 Å². The quantitative estimate of drug-likeness (QED) is 0.570. The summed E-state index contributed by atoms with van der Waals surface area (Å²) in [5.41, 5.74) is 0.910. The van der Waals surface area contributed by atoms with Crippen LogP contribution in [0.5, 0.6) is 0 Å². The van der Waals surface area contributed by atoms with Crippen molar-refractivity contribution in [1.29, 1.82) is 0 Å². The fraction of sp³-hybridized carbons (Fsp3) is 0.545. The number of aromatic nitrogens is 2. The Morgan fingerprint density at radius 1 is 1.32 bits per heavy atom. The smallest absolute Gasteiger partial charge is 0.325 e. The van der Waals surface area contributed by atoms with E-state index in [2.05, 4.69) is 27.5 Å². The van der Waals surface area contributed by atoms with E-state index in [-0.39, 0.29) is 24.4 Å². The molecule has 0 unspecified atom stereocenters. The summed E-state index contributed by atoms with van der Waals surface area (Å²) < 4.78 is 0. The lowest BCUT2D eigenvalue weighted by atomic mass is 9.77. The van der Waals surface area contributed by atoms with Gasteiger partial charge in [0.1, 0.15) is 17.9 Å². The molecule has 1 atom stereocenters. The summed E-state index contributed by atoms with van der Waals surface area (Å²) in [6.45, 7) is 1.88. The van der Waals surface area contributed by atoms with Crippen LogP contribution in [0.1, 0.15) is 50.9 Å². The summed E-state index contributed by atoms with van der Waals surface area (Å²) in [5, 5.41) is 5.84. The van der Waals surface area contributed by atoms with E-state index >= 15 is 0 Å². The molecule has 31 heavy (non-hydrogen) atoms. The molecule has 3 N–H and O–H groups in total. The van der Waals surface area contributed by atoms with E-state index in [9.17, 15) is 14.4 Å². The van der Waals surface area contributed by atoms with Crippen molar-refractivity contribution >= 4 is 40.6 Å². The molecule has 1 aliphatic heterocycles. The van der Waals surface area contributed by atoms with Gasteiger partial charge in [-0.05, 0) is 62.2 Å². The van der Waals surface area contributed by atoms with Crippen molar-refractivity contribution < 1.29 is 14.4 Å². The number of thioether (sulfide) groups is 1. The molecule has 2 fully saturated rings. The second kappa shape index (κ2) is 8.90. The third kappa shape index (κ3) is 4.42. The molecule has 8 nitrogen and oxygen atoms in total. The third-order valence-corrected chi connectivity index (χ3v) is 7.00. The van der Waals surface area contributed by atoms with Crippen molar-refractivity contribution in [2.24, 2.45) is 5.92 Å². The number of fused-ring (bicyclic) bond motifs is 1. The number of carbonyl (C=O) groups is 3. The molecular weight excluding hydrogens is 414 g/mol. The van der Waals surface area contributed by atoms with E-state index in [1.807, 2.05) is 30.5 Å². The average molecular weight is 444 g/mol. The van der Waals surface area contributed by atoms with Crippen molar-refractivity contribution in [3.05, 3.63) is 30.1 Å². The molecule has 0 radical (unpaired) electrons. The maximum absolute atomic E-state index is 13.0. The second-order valence-electron chi connectivity index (χ2n) is 8.63. The number of para-hydroxylation sites is 2. The Kier molecular flexibility index (Phi) is 6.22. The van der Waals surface area contributed by atoms with Crippen LogP contribution in [0.3, 0.4) is 0 Å². The minimum atomic E-state index is -0.832. The second-order valence-corrected chi connectivity index (χ2v) is 9.61. The summed E-state index contributed by atoms with van der Waals surface area (Å²) in [7, 11) is 0. The highest BCUT2D eigenvalue weighted by molar-refractivity contribution is 7.98. The first-order valence-electron chi connectivity index (χ1n) is 10.8.